The van der Waals surface area contributed by atoms with E-state index in [1.807, 2.05) is 12.2 Å². The Morgan fingerprint density at radius 1 is 1.08 bits per heavy atom. The van der Waals surface area contributed by atoms with Gasteiger partial charge in [-0.1, -0.05) is 37.1 Å². The highest BCUT2D eigenvalue weighted by atomic mass is 32.2. The van der Waals surface area contributed by atoms with Crippen molar-refractivity contribution in [2.45, 2.75) is 127 Å². The van der Waals surface area contributed by atoms with Crippen molar-refractivity contribution in [1.29, 1.82) is 0 Å². The average molecular weight is 731 g/mol. The predicted molar refractivity (Wildman–Crippen MR) is 181 cm³/mol. The number of halogens is 1. The van der Waals surface area contributed by atoms with Crippen LogP contribution in [0.4, 0.5) is 9.18 Å². The highest BCUT2D eigenvalue weighted by Gasteiger charge is 2.62. The van der Waals surface area contributed by atoms with Gasteiger partial charge in [-0.2, -0.15) is 0 Å². The smallest absolute Gasteiger partial charge is 0.410 e. The first kappa shape index (κ1) is 36.8. The van der Waals surface area contributed by atoms with Crippen LogP contribution in [0.3, 0.4) is 0 Å². The molecule has 3 fully saturated rings. The number of nitrogens with one attached hydrogen (secondary N) is 2. The van der Waals surface area contributed by atoms with Crippen LogP contribution < -0.4 is 10.0 Å². The van der Waals surface area contributed by atoms with Gasteiger partial charge in [0, 0.05) is 30.4 Å². The summed E-state index contributed by atoms with van der Waals surface area (Å²) in [6, 6.07) is 3.43. The summed E-state index contributed by atoms with van der Waals surface area (Å²) in [5.41, 5.74) is -1.26. The minimum Gasteiger partial charge on any atom is -0.460 e. The number of hydrogen-bond donors (Lipinski definition) is 2. The second-order valence-corrected chi connectivity index (χ2v) is 17.4. The van der Waals surface area contributed by atoms with Crippen molar-refractivity contribution in [3.8, 4) is 0 Å². The summed E-state index contributed by atoms with van der Waals surface area (Å²) in [5.74, 6) is -4.27. The SMILES string of the molecule is CC(C)(C)OC(=O)C[C@H]1CCCCC/C=C\[C@@H]2C[C@@]2(C(=O)NS(=O)(=O)C2CC2)NC(=O)[C@@H]2C[C@@H](OC(=O)N3Cc4cccc(F)c4C3)CN2C1=O. The molecule has 51 heavy (non-hydrogen) atoms. The van der Waals surface area contributed by atoms with E-state index >= 15 is 0 Å². The van der Waals surface area contributed by atoms with Crippen molar-refractivity contribution >= 4 is 39.8 Å². The molecule has 0 aromatic heterocycles. The lowest BCUT2D eigenvalue weighted by molar-refractivity contribution is -0.159. The quantitative estimate of drug-likeness (QED) is 0.328. The Balaban J connectivity index is 1.25. The molecule has 5 aliphatic rings. The fourth-order valence-electron chi connectivity index (χ4n) is 7.29. The molecule has 13 nitrogen and oxygen atoms in total. The minimum absolute atomic E-state index is 0.00832. The molecular weight excluding hydrogens is 683 g/mol. The molecule has 0 unspecified atom stereocenters. The monoisotopic (exact) mass is 730 g/mol. The Labute approximate surface area is 297 Å². The predicted octanol–water partition coefficient (Wildman–Crippen LogP) is 3.60. The lowest BCUT2D eigenvalue weighted by Gasteiger charge is -2.30. The van der Waals surface area contributed by atoms with E-state index in [0.717, 1.165) is 12.8 Å². The molecule has 0 spiro atoms. The lowest BCUT2D eigenvalue weighted by atomic mass is 9.95. The Morgan fingerprint density at radius 2 is 1.84 bits per heavy atom. The number of allylic oxidation sites excluding steroid dienone is 1. The Kier molecular flexibility index (Phi) is 10.2. The van der Waals surface area contributed by atoms with Crippen molar-refractivity contribution in [2.24, 2.45) is 11.8 Å². The molecule has 2 saturated carbocycles. The Morgan fingerprint density at radius 3 is 2.55 bits per heavy atom. The maximum absolute atomic E-state index is 14.4. The summed E-state index contributed by atoms with van der Waals surface area (Å²) < 4.78 is 53.4. The number of sulfonamides is 1. The number of rotatable bonds is 6. The maximum Gasteiger partial charge on any atom is 0.410 e. The molecule has 1 aromatic carbocycles. The van der Waals surface area contributed by atoms with E-state index in [0.29, 0.717) is 43.2 Å². The molecule has 278 valence electrons. The van der Waals surface area contributed by atoms with Gasteiger partial charge in [0.2, 0.25) is 21.8 Å². The number of fused-ring (bicyclic) bond motifs is 3. The summed E-state index contributed by atoms with van der Waals surface area (Å²) in [5, 5.41) is 2.15. The van der Waals surface area contributed by atoms with Crippen LogP contribution in [0.1, 0.15) is 96.1 Å². The van der Waals surface area contributed by atoms with Crippen molar-refractivity contribution in [3.05, 3.63) is 47.3 Å². The van der Waals surface area contributed by atoms with Crippen LogP contribution in [0, 0.1) is 17.7 Å². The van der Waals surface area contributed by atoms with Crippen molar-refractivity contribution in [1.82, 2.24) is 19.8 Å². The van der Waals surface area contributed by atoms with Crippen molar-refractivity contribution in [3.63, 3.8) is 0 Å². The third kappa shape index (κ3) is 8.39. The molecule has 1 aromatic rings. The van der Waals surface area contributed by atoms with Gasteiger partial charge in [-0.3, -0.25) is 28.8 Å². The molecule has 3 aliphatic heterocycles. The number of ether oxygens (including phenoxy) is 2. The van der Waals surface area contributed by atoms with Crippen molar-refractivity contribution in [2.75, 3.05) is 6.54 Å². The maximum atomic E-state index is 14.4. The second kappa shape index (κ2) is 14.2. The van der Waals surface area contributed by atoms with Crippen LogP contribution >= 0.6 is 0 Å². The van der Waals surface area contributed by atoms with Crippen LogP contribution in [-0.4, -0.2) is 83.1 Å². The number of nitrogens with zero attached hydrogens (tertiary/aromatic N) is 2. The number of amides is 4. The molecule has 5 atom stereocenters. The molecule has 4 amide bonds. The number of carbonyl (C=O) groups is 5. The van der Waals surface area contributed by atoms with E-state index < -0.39 is 86.0 Å². The average Bonchev–Trinajstić information content (AvgIpc) is 3.93. The van der Waals surface area contributed by atoms with Gasteiger partial charge < -0.3 is 19.7 Å². The fourth-order valence-corrected chi connectivity index (χ4v) is 8.65. The standard InChI is InChI=1S/C36H47FN4O9S/c1-35(2,3)50-30(42)16-22-10-7-5-4-6-8-12-24-18-36(24,33(45)39-51(47,48)26-14-15-26)38-31(43)29-17-25(20-41(29)32(22)44)49-34(46)40-19-23-11-9-13-28(37)27(23)21-40/h8-9,11-13,22,24-26,29H,4-7,10,14-21H2,1-3H3,(H,38,43)(H,39,45)/b12-8-/t22-,24-,25-,29+,36-/m1/s1. The van der Waals surface area contributed by atoms with E-state index in [1.165, 1.54) is 15.9 Å². The van der Waals surface area contributed by atoms with Crippen molar-refractivity contribution < 1.29 is 46.3 Å². The van der Waals surface area contributed by atoms with Crippen LogP contribution in [0.15, 0.2) is 30.4 Å². The van der Waals surface area contributed by atoms with Gasteiger partial charge in [-0.05, 0) is 70.9 Å². The molecule has 0 radical (unpaired) electrons. The van der Waals surface area contributed by atoms with Gasteiger partial charge in [0.25, 0.3) is 5.91 Å². The van der Waals surface area contributed by atoms with E-state index in [1.54, 1.807) is 32.9 Å². The number of hydrogen-bond acceptors (Lipinski definition) is 9. The topological polar surface area (TPSA) is 168 Å². The summed E-state index contributed by atoms with van der Waals surface area (Å²) in [7, 11) is -3.91. The number of carbonyl (C=O) groups excluding carboxylic acids is 5. The molecule has 1 saturated heterocycles. The van der Waals surface area contributed by atoms with Gasteiger partial charge in [0.1, 0.15) is 29.1 Å². The Bertz CT molecular complexity index is 1720. The van der Waals surface area contributed by atoms with Gasteiger partial charge in [0.05, 0.1) is 24.8 Å². The molecule has 3 heterocycles. The molecule has 0 bridgehead atoms. The highest BCUT2D eigenvalue weighted by Crippen LogP contribution is 2.46. The zero-order valence-corrected chi connectivity index (χ0v) is 30.1. The Hall–Kier alpha value is -4.01. The first-order chi connectivity index (χ1) is 24.1. The number of esters is 1. The third-order valence-electron chi connectivity index (χ3n) is 10.2. The van der Waals surface area contributed by atoms with Gasteiger partial charge >= 0.3 is 12.1 Å². The molecular formula is C36H47FN4O9S. The summed E-state index contributed by atoms with van der Waals surface area (Å²) in [4.78, 5) is 71.1. The van der Waals surface area contributed by atoms with Crippen LogP contribution in [0.5, 0.6) is 0 Å². The van der Waals surface area contributed by atoms with E-state index in [4.69, 9.17) is 9.47 Å². The van der Waals surface area contributed by atoms with Gasteiger partial charge in [-0.15, -0.1) is 0 Å². The van der Waals surface area contributed by atoms with Gasteiger partial charge in [-0.25, -0.2) is 17.6 Å². The molecule has 2 N–H and O–H groups in total. The van der Waals surface area contributed by atoms with Crippen LogP contribution in [0.2, 0.25) is 0 Å². The van der Waals surface area contributed by atoms with E-state index in [2.05, 4.69) is 10.0 Å². The minimum atomic E-state index is -3.91. The zero-order valence-electron chi connectivity index (χ0n) is 29.3. The summed E-state index contributed by atoms with van der Waals surface area (Å²) in [6.45, 7) is 5.19. The van der Waals surface area contributed by atoms with Crippen LogP contribution in [-0.2, 0) is 51.8 Å². The second-order valence-electron chi connectivity index (χ2n) is 15.5. The normalized spacial score (nSPS) is 29.0. The molecule has 15 heteroatoms. The molecule has 6 rings (SSSR count). The molecule has 2 aliphatic carbocycles. The largest absolute Gasteiger partial charge is 0.460 e. The van der Waals surface area contributed by atoms with Gasteiger partial charge in [0.15, 0.2) is 0 Å². The zero-order chi connectivity index (χ0) is 36.7. The van der Waals surface area contributed by atoms with E-state index in [9.17, 15) is 36.8 Å². The van der Waals surface area contributed by atoms with E-state index in [-0.39, 0.29) is 38.9 Å². The first-order valence-electron chi connectivity index (χ1n) is 17.9. The highest BCUT2D eigenvalue weighted by molar-refractivity contribution is 7.91. The summed E-state index contributed by atoms with van der Waals surface area (Å²) >= 11 is 0. The first-order valence-corrected chi connectivity index (χ1v) is 19.4. The summed E-state index contributed by atoms with van der Waals surface area (Å²) in [6.07, 6.45) is 6.08. The fraction of sp³-hybridized carbons (Fsp3) is 0.639. The van der Waals surface area contributed by atoms with Crippen LogP contribution in [0.25, 0.3) is 0 Å². The third-order valence-corrected chi connectivity index (χ3v) is 12.1. The lowest BCUT2D eigenvalue weighted by Crippen LogP contribution is -2.57. The number of benzene rings is 1.